The number of hydrogen-bond acceptors (Lipinski definition) is 2. The molecule has 0 aromatic heterocycles. The number of nitrogens with one attached hydrogen (secondary N) is 1. The van der Waals surface area contributed by atoms with E-state index >= 15 is 0 Å². The molecular formula is C18H28ClN3. The van der Waals surface area contributed by atoms with Gasteiger partial charge in [-0.25, -0.2) is 0 Å². The topological polar surface area (TPSA) is 30.3 Å². The fourth-order valence-electron chi connectivity index (χ4n) is 3.10. The molecule has 3 nitrogen and oxygen atoms in total. The van der Waals surface area contributed by atoms with Crippen molar-refractivity contribution in [2.24, 2.45) is 0 Å². The molecule has 0 atom stereocenters. The summed E-state index contributed by atoms with van der Waals surface area (Å²) in [5.41, 5.74) is 0.768. The number of nitrogens with zero attached hydrogens (tertiary/aromatic N) is 2. The molecule has 1 aliphatic heterocycles. The minimum Gasteiger partial charge on any atom is -0.324 e. The third-order valence-electron chi connectivity index (χ3n) is 4.15. The quantitative estimate of drug-likeness (QED) is 0.638. The Balaban J connectivity index is 2.09. The van der Waals surface area contributed by atoms with Crippen molar-refractivity contribution in [3.05, 3.63) is 29.3 Å². The number of rotatable bonds is 4. The Bertz CT molecular complexity index is 501. The van der Waals surface area contributed by atoms with Crippen molar-refractivity contribution in [3.8, 4) is 0 Å². The van der Waals surface area contributed by atoms with Gasteiger partial charge in [-0.1, -0.05) is 30.2 Å². The highest BCUT2D eigenvalue weighted by atomic mass is 35.5. The van der Waals surface area contributed by atoms with Crippen molar-refractivity contribution in [1.82, 2.24) is 4.90 Å². The lowest BCUT2D eigenvalue weighted by atomic mass is 10.0. The summed E-state index contributed by atoms with van der Waals surface area (Å²) < 4.78 is 0. The summed E-state index contributed by atoms with van der Waals surface area (Å²) in [5.74, 6) is 0.645. The van der Waals surface area contributed by atoms with E-state index in [-0.39, 0.29) is 5.54 Å². The summed E-state index contributed by atoms with van der Waals surface area (Å²) in [7, 11) is 0. The van der Waals surface area contributed by atoms with Gasteiger partial charge in [-0.2, -0.15) is 0 Å². The maximum atomic E-state index is 8.59. The Morgan fingerprint density at radius 2 is 1.82 bits per heavy atom. The van der Waals surface area contributed by atoms with Crippen molar-refractivity contribution < 1.29 is 0 Å². The van der Waals surface area contributed by atoms with E-state index in [0.717, 1.165) is 18.7 Å². The first-order chi connectivity index (χ1) is 10.4. The highest BCUT2D eigenvalue weighted by Crippen LogP contribution is 2.31. The Morgan fingerprint density at radius 1 is 1.18 bits per heavy atom. The molecule has 0 amide bonds. The van der Waals surface area contributed by atoms with E-state index in [1.165, 1.54) is 32.4 Å². The lowest BCUT2D eigenvalue weighted by Crippen LogP contribution is -2.47. The lowest BCUT2D eigenvalue weighted by Gasteiger charge is -2.39. The molecular weight excluding hydrogens is 294 g/mol. The average Bonchev–Trinajstić information content (AvgIpc) is 2.47. The molecule has 1 fully saturated rings. The van der Waals surface area contributed by atoms with Crippen LogP contribution >= 0.6 is 11.6 Å². The number of hydrogen-bond donors (Lipinski definition) is 1. The molecule has 22 heavy (non-hydrogen) atoms. The van der Waals surface area contributed by atoms with Gasteiger partial charge in [0.25, 0.3) is 0 Å². The summed E-state index contributed by atoms with van der Waals surface area (Å²) in [4.78, 5) is 4.55. The molecule has 0 saturated carbocycles. The molecule has 1 aromatic carbocycles. The molecule has 1 aromatic rings. The summed E-state index contributed by atoms with van der Waals surface area (Å²) in [6.45, 7) is 9.71. The molecule has 1 saturated heterocycles. The zero-order valence-electron chi connectivity index (χ0n) is 14.0. The van der Waals surface area contributed by atoms with Gasteiger partial charge in [-0.05, 0) is 58.8 Å². The van der Waals surface area contributed by atoms with E-state index in [2.05, 4.69) is 30.6 Å². The van der Waals surface area contributed by atoms with Crippen LogP contribution < -0.4 is 4.90 Å². The number of benzene rings is 1. The third kappa shape index (κ3) is 4.47. The van der Waals surface area contributed by atoms with Gasteiger partial charge in [0.15, 0.2) is 0 Å². The Hall–Kier alpha value is -1.06. The van der Waals surface area contributed by atoms with Crippen LogP contribution in [-0.2, 0) is 0 Å². The molecule has 122 valence electrons. The van der Waals surface area contributed by atoms with E-state index in [0.29, 0.717) is 10.9 Å². The molecule has 0 bridgehead atoms. The standard InChI is InChI=1S/C18H28ClN3/c1-18(2,3)22(16-10-6-5-9-15(16)19)17(20)11-14-21-12-7-4-8-13-21/h5-6,9-10,20H,4,7-8,11-14H2,1-3H3. The van der Waals surface area contributed by atoms with Crippen LogP contribution in [0, 0.1) is 5.41 Å². The van der Waals surface area contributed by atoms with Gasteiger partial charge in [0.2, 0.25) is 0 Å². The number of likely N-dealkylation sites (tertiary alicyclic amines) is 1. The summed E-state index contributed by atoms with van der Waals surface area (Å²) in [6, 6.07) is 7.82. The van der Waals surface area contributed by atoms with Crippen LogP contribution in [0.25, 0.3) is 0 Å². The summed E-state index contributed by atoms with van der Waals surface area (Å²) in [6.07, 6.45) is 4.70. The van der Waals surface area contributed by atoms with Gasteiger partial charge in [0.1, 0.15) is 5.84 Å². The summed E-state index contributed by atoms with van der Waals surface area (Å²) in [5, 5.41) is 9.30. The maximum Gasteiger partial charge on any atom is 0.102 e. The van der Waals surface area contributed by atoms with E-state index in [1.54, 1.807) is 0 Å². The lowest BCUT2D eigenvalue weighted by molar-refractivity contribution is 0.234. The van der Waals surface area contributed by atoms with Gasteiger partial charge < -0.3 is 9.80 Å². The fraction of sp³-hybridized carbons (Fsp3) is 0.611. The molecule has 0 unspecified atom stereocenters. The van der Waals surface area contributed by atoms with Crippen LogP contribution in [0.4, 0.5) is 5.69 Å². The van der Waals surface area contributed by atoms with Gasteiger partial charge in [-0.3, -0.25) is 5.41 Å². The predicted octanol–water partition coefficient (Wildman–Crippen LogP) is 4.80. The largest absolute Gasteiger partial charge is 0.324 e. The first kappa shape index (κ1) is 17.3. The van der Waals surface area contributed by atoms with Gasteiger partial charge in [-0.15, -0.1) is 0 Å². The minimum atomic E-state index is -0.163. The van der Waals surface area contributed by atoms with E-state index < -0.39 is 0 Å². The molecule has 1 N–H and O–H groups in total. The SMILES string of the molecule is CC(C)(C)N(C(=N)CCN1CCCCC1)c1ccccc1Cl. The van der Waals surface area contributed by atoms with E-state index in [4.69, 9.17) is 17.0 Å². The number of halogens is 1. The maximum absolute atomic E-state index is 8.59. The van der Waals surface area contributed by atoms with Crippen LogP contribution in [0.5, 0.6) is 0 Å². The zero-order chi connectivity index (χ0) is 16.2. The first-order valence-electron chi connectivity index (χ1n) is 8.24. The second kappa shape index (κ2) is 7.47. The minimum absolute atomic E-state index is 0.163. The van der Waals surface area contributed by atoms with Crippen molar-refractivity contribution in [2.45, 2.75) is 52.0 Å². The van der Waals surface area contributed by atoms with E-state index in [9.17, 15) is 0 Å². The highest BCUT2D eigenvalue weighted by molar-refractivity contribution is 6.33. The predicted molar refractivity (Wildman–Crippen MR) is 96.3 cm³/mol. The van der Waals surface area contributed by atoms with Crippen molar-refractivity contribution in [2.75, 3.05) is 24.5 Å². The molecule has 4 heteroatoms. The van der Waals surface area contributed by atoms with Crippen LogP contribution in [0.2, 0.25) is 5.02 Å². The number of piperidine rings is 1. The smallest absolute Gasteiger partial charge is 0.102 e. The first-order valence-corrected chi connectivity index (χ1v) is 8.62. The molecule has 1 heterocycles. The number of amidine groups is 1. The zero-order valence-corrected chi connectivity index (χ0v) is 14.8. The monoisotopic (exact) mass is 321 g/mol. The Labute approximate surface area is 139 Å². The fourth-order valence-corrected chi connectivity index (χ4v) is 3.32. The Kier molecular flexibility index (Phi) is 5.87. The average molecular weight is 322 g/mol. The number of para-hydroxylation sites is 1. The third-order valence-corrected chi connectivity index (χ3v) is 4.47. The van der Waals surface area contributed by atoms with Crippen LogP contribution in [0.15, 0.2) is 24.3 Å². The van der Waals surface area contributed by atoms with Crippen molar-refractivity contribution in [3.63, 3.8) is 0 Å². The van der Waals surface area contributed by atoms with Gasteiger partial charge in [0.05, 0.1) is 10.7 Å². The highest BCUT2D eigenvalue weighted by Gasteiger charge is 2.27. The van der Waals surface area contributed by atoms with Crippen molar-refractivity contribution in [1.29, 1.82) is 5.41 Å². The Morgan fingerprint density at radius 3 is 2.41 bits per heavy atom. The molecule has 0 spiro atoms. The second-order valence-corrected chi connectivity index (χ2v) is 7.46. The second-order valence-electron chi connectivity index (χ2n) is 7.06. The molecule has 1 aliphatic rings. The van der Waals surface area contributed by atoms with Gasteiger partial charge >= 0.3 is 0 Å². The molecule has 2 rings (SSSR count). The normalized spacial score (nSPS) is 16.5. The van der Waals surface area contributed by atoms with Crippen molar-refractivity contribution >= 4 is 23.1 Å². The van der Waals surface area contributed by atoms with Crippen LogP contribution in [0.3, 0.4) is 0 Å². The van der Waals surface area contributed by atoms with Crippen LogP contribution in [-0.4, -0.2) is 35.9 Å². The van der Waals surface area contributed by atoms with Gasteiger partial charge in [0, 0.05) is 18.5 Å². The molecule has 0 radical (unpaired) electrons. The van der Waals surface area contributed by atoms with E-state index in [1.807, 2.05) is 24.3 Å². The van der Waals surface area contributed by atoms with Crippen LogP contribution in [0.1, 0.15) is 46.5 Å². The molecule has 0 aliphatic carbocycles. The summed E-state index contributed by atoms with van der Waals surface area (Å²) >= 11 is 6.37. The number of anilines is 1.